The van der Waals surface area contributed by atoms with E-state index in [4.69, 9.17) is 0 Å². The maximum absolute atomic E-state index is 3.64. The molecule has 1 saturated heterocycles. The molecule has 0 bridgehead atoms. The molecule has 1 aliphatic carbocycles. The summed E-state index contributed by atoms with van der Waals surface area (Å²) in [5.74, 6) is 1.03. The number of hydrogen-bond acceptors (Lipinski definition) is 2. The lowest BCUT2D eigenvalue weighted by Crippen LogP contribution is -2.36. The summed E-state index contributed by atoms with van der Waals surface area (Å²) in [6, 6.07) is 0.797. The second kappa shape index (κ2) is 8.10. The Morgan fingerprint density at radius 1 is 0.824 bits per heavy atom. The highest BCUT2D eigenvalue weighted by Crippen LogP contribution is 2.25. The number of piperidine rings is 1. The smallest absolute Gasteiger partial charge is 0.00791 e. The quantitative estimate of drug-likeness (QED) is 0.695. The first-order valence-electron chi connectivity index (χ1n) is 7.89. The van der Waals surface area contributed by atoms with Crippen molar-refractivity contribution >= 4 is 0 Å². The molecule has 2 aliphatic rings. The van der Waals surface area contributed by atoms with Crippen molar-refractivity contribution in [1.82, 2.24) is 10.6 Å². The van der Waals surface area contributed by atoms with Crippen LogP contribution >= 0.6 is 0 Å². The predicted octanol–water partition coefficient (Wildman–Crippen LogP) is 3.08. The maximum Gasteiger partial charge on any atom is 0.00791 e. The van der Waals surface area contributed by atoms with Crippen LogP contribution in [-0.2, 0) is 0 Å². The van der Waals surface area contributed by atoms with Crippen molar-refractivity contribution in [1.29, 1.82) is 0 Å². The summed E-state index contributed by atoms with van der Waals surface area (Å²) in [6.45, 7) is 3.70. The van der Waals surface area contributed by atoms with Gasteiger partial charge in [-0.2, -0.15) is 0 Å². The number of rotatable bonds is 6. The molecule has 0 aromatic carbocycles. The largest absolute Gasteiger partial charge is 0.317 e. The summed E-state index contributed by atoms with van der Waals surface area (Å²) in [4.78, 5) is 0. The lowest BCUT2D eigenvalue weighted by atomic mass is 9.87. The molecule has 2 N–H and O–H groups in total. The highest BCUT2D eigenvalue weighted by Gasteiger charge is 2.13. The van der Waals surface area contributed by atoms with Crippen molar-refractivity contribution in [2.24, 2.45) is 5.92 Å². The SMILES string of the molecule is C1CCC(CCNCCC2CCCCN2)CC1. The van der Waals surface area contributed by atoms with Gasteiger partial charge in [0.2, 0.25) is 0 Å². The fraction of sp³-hybridized carbons (Fsp3) is 1.00. The van der Waals surface area contributed by atoms with Crippen LogP contribution in [0, 0.1) is 5.92 Å². The summed E-state index contributed by atoms with van der Waals surface area (Å²) < 4.78 is 0. The standard InChI is InChI=1S/C15H30N2/c1-2-6-14(7-3-1)9-12-16-13-10-15-8-4-5-11-17-15/h14-17H,1-13H2. The van der Waals surface area contributed by atoms with E-state index in [0.29, 0.717) is 0 Å². The summed E-state index contributed by atoms with van der Waals surface area (Å²) in [6.07, 6.45) is 14.4. The van der Waals surface area contributed by atoms with Gasteiger partial charge in [0.05, 0.1) is 0 Å². The Morgan fingerprint density at radius 3 is 2.35 bits per heavy atom. The van der Waals surface area contributed by atoms with Gasteiger partial charge in [-0.3, -0.25) is 0 Å². The first-order valence-corrected chi connectivity index (χ1v) is 7.89. The van der Waals surface area contributed by atoms with Gasteiger partial charge in [-0.05, 0) is 51.2 Å². The van der Waals surface area contributed by atoms with Crippen molar-refractivity contribution in [3.63, 3.8) is 0 Å². The molecule has 0 aromatic rings. The molecular weight excluding hydrogens is 208 g/mol. The third-order valence-electron chi connectivity index (χ3n) is 4.54. The van der Waals surface area contributed by atoms with Crippen LogP contribution in [0.5, 0.6) is 0 Å². The monoisotopic (exact) mass is 238 g/mol. The predicted molar refractivity (Wildman–Crippen MR) is 74.3 cm³/mol. The summed E-state index contributed by atoms with van der Waals surface area (Å²) in [7, 11) is 0. The Hall–Kier alpha value is -0.0800. The van der Waals surface area contributed by atoms with E-state index in [1.807, 2.05) is 0 Å². The Bertz CT molecular complexity index is 161. The lowest BCUT2D eigenvalue weighted by Gasteiger charge is -2.24. The normalized spacial score (nSPS) is 27.2. The summed E-state index contributed by atoms with van der Waals surface area (Å²) in [5.41, 5.74) is 0. The summed E-state index contributed by atoms with van der Waals surface area (Å²) in [5, 5.41) is 7.26. The van der Waals surface area contributed by atoms with E-state index in [0.717, 1.165) is 12.0 Å². The van der Waals surface area contributed by atoms with Gasteiger partial charge in [-0.25, -0.2) is 0 Å². The molecule has 2 heteroatoms. The minimum Gasteiger partial charge on any atom is -0.317 e. The molecule has 0 spiro atoms. The van der Waals surface area contributed by atoms with Crippen molar-refractivity contribution < 1.29 is 0 Å². The molecule has 1 atom stereocenters. The third kappa shape index (κ3) is 5.39. The average Bonchev–Trinajstić information content (AvgIpc) is 2.41. The Kier molecular flexibility index (Phi) is 6.36. The van der Waals surface area contributed by atoms with Gasteiger partial charge in [0.1, 0.15) is 0 Å². The zero-order valence-electron chi connectivity index (χ0n) is 11.3. The molecule has 17 heavy (non-hydrogen) atoms. The van der Waals surface area contributed by atoms with Crippen LogP contribution in [0.1, 0.15) is 64.2 Å². The molecule has 100 valence electrons. The van der Waals surface area contributed by atoms with Crippen LogP contribution in [0.15, 0.2) is 0 Å². The van der Waals surface area contributed by atoms with Crippen LogP contribution in [0.25, 0.3) is 0 Å². The van der Waals surface area contributed by atoms with E-state index in [9.17, 15) is 0 Å². The van der Waals surface area contributed by atoms with Gasteiger partial charge < -0.3 is 10.6 Å². The van der Waals surface area contributed by atoms with Crippen LogP contribution in [0.3, 0.4) is 0 Å². The second-order valence-corrected chi connectivity index (χ2v) is 5.98. The maximum atomic E-state index is 3.64. The number of nitrogens with one attached hydrogen (secondary N) is 2. The van der Waals surface area contributed by atoms with Crippen LogP contribution in [0.2, 0.25) is 0 Å². The first kappa shape index (κ1) is 13.4. The van der Waals surface area contributed by atoms with E-state index in [1.54, 1.807) is 0 Å². The van der Waals surface area contributed by atoms with Gasteiger partial charge in [-0.15, -0.1) is 0 Å². The molecule has 2 fully saturated rings. The zero-order chi connectivity index (χ0) is 11.8. The molecule has 1 unspecified atom stereocenters. The van der Waals surface area contributed by atoms with Gasteiger partial charge in [0.15, 0.2) is 0 Å². The molecule has 2 rings (SSSR count). The molecule has 2 nitrogen and oxygen atoms in total. The molecule has 1 heterocycles. The van der Waals surface area contributed by atoms with E-state index in [-0.39, 0.29) is 0 Å². The Labute approximate surface area is 107 Å². The van der Waals surface area contributed by atoms with Crippen molar-refractivity contribution in [3.8, 4) is 0 Å². The fourth-order valence-electron chi connectivity index (χ4n) is 3.35. The van der Waals surface area contributed by atoms with E-state index >= 15 is 0 Å². The van der Waals surface area contributed by atoms with Crippen LogP contribution < -0.4 is 10.6 Å². The fourth-order valence-corrected chi connectivity index (χ4v) is 3.35. The van der Waals surface area contributed by atoms with Gasteiger partial charge in [0.25, 0.3) is 0 Å². The first-order chi connectivity index (χ1) is 8.45. The Balaban J connectivity index is 1.42. The minimum atomic E-state index is 0.797. The highest BCUT2D eigenvalue weighted by molar-refractivity contribution is 4.73. The number of hydrogen-bond donors (Lipinski definition) is 2. The van der Waals surface area contributed by atoms with E-state index in [1.165, 1.54) is 83.8 Å². The van der Waals surface area contributed by atoms with Crippen LogP contribution in [-0.4, -0.2) is 25.7 Å². The van der Waals surface area contributed by atoms with Gasteiger partial charge in [0, 0.05) is 6.04 Å². The third-order valence-corrected chi connectivity index (χ3v) is 4.54. The van der Waals surface area contributed by atoms with Gasteiger partial charge in [-0.1, -0.05) is 38.5 Å². The summed E-state index contributed by atoms with van der Waals surface area (Å²) >= 11 is 0. The van der Waals surface area contributed by atoms with Gasteiger partial charge >= 0.3 is 0 Å². The Morgan fingerprint density at radius 2 is 1.59 bits per heavy atom. The average molecular weight is 238 g/mol. The molecule has 0 amide bonds. The molecule has 1 aliphatic heterocycles. The lowest BCUT2D eigenvalue weighted by molar-refractivity contribution is 0.329. The minimum absolute atomic E-state index is 0.797. The molecule has 1 saturated carbocycles. The topological polar surface area (TPSA) is 24.1 Å². The van der Waals surface area contributed by atoms with Crippen molar-refractivity contribution in [3.05, 3.63) is 0 Å². The highest BCUT2D eigenvalue weighted by atomic mass is 14.9. The van der Waals surface area contributed by atoms with E-state index < -0.39 is 0 Å². The second-order valence-electron chi connectivity index (χ2n) is 5.98. The van der Waals surface area contributed by atoms with Crippen LogP contribution in [0.4, 0.5) is 0 Å². The molecule has 0 radical (unpaired) electrons. The zero-order valence-corrected chi connectivity index (χ0v) is 11.3. The van der Waals surface area contributed by atoms with E-state index in [2.05, 4.69) is 10.6 Å². The molecule has 0 aromatic heterocycles. The molecular formula is C15H30N2. The van der Waals surface area contributed by atoms with Crippen molar-refractivity contribution in [2.75, 3.05) is 19.6 Å². The van der Waals surface area contributed by atoms with Crippen molar-refractivity contribution in [2.45, 2.75) is 70.3 Å².